The SMILES string of the molecule is CC(=O)C(C(C)=O)C(=O)S. The Morgan fingerprint density at radius 3 is 1.40 bits per heavy atom. The van der Waals surface area contributed by atoms with E-state index in [4.69, 9.17) is 0 Å². The van der Waals surface area contributed by atoms with E-state index in [0.29, 0.717) is 0 Å². The van der Waals surface area contributed by atoms with Gasteiger partial charge in [0.25, 0.3) is 0 Å². The molecule has 0 N–H and O–H groups in total. The van der Waals surface area contributed by atoms with Crippen molar-refractivity contribution in [1.29, 1.82) is 0 Å². The van der Waals surface area contributed by atoms with Crippen molar-refractivity contribution in [3.63, 3.8) is 0 Å². The molecule has 0 rings (SSSR count). The van der Waals surface area contributed by atoms with Crippen molar-refractivity contribution in [2.24, 2.45) is 5.92 Å². The minimum Gasteiger partial charge on any atom is -0.299 e. The Balaban J connectivity index is 4.43. The quantitative estimate of drug-likeness (QED) is 0.475. The molecule has 0 aromatic rings. The zero-order chi connectivity index (χ0) is 8.31. The van der Waals surface area contributed by atoms with Crippen LogP contribution in [0.3, 0.4) is 0 Å². The van der Waals surface area contributed by atoms with Crippen LogP contribution in [0.2, 0.25) is 0 Å². The number of rotatable bonds is 3. The molecule has 0 aliphatic heterocycles. The summed E-state index contributed by atoms with van der Waals surface area (Å²) < 4.78 is 0. The zero-order valence-corrected chi connectivity index (χ0v) is 6.64. The predicted octanol–water partition coefficient (Wildman–Crippen LogP) is 0.237. The molecule has 0 saturated carbocycles. The molecule has 0 aliphatic carbocycles. The molecule has 0 amide bonds. The van der Waals surface area contributed by atoms with Gasteiger partial charge in [0, 0.05) is 0 Å². The first-order valence-electron chi connectivity index (χ1n) is 2.70. The first-order chi connectivity index (χ1) is 4.46. The molecule has 0 fully saturated rings. The maximum absolute atomic E-state index is 10.5. The molecule has 0 atom stereocenters. The maximum Gasteiger partial charge on any atom is 0.203 e. The third-order valence-electron chi connectivity index (χ3n) is 1.06. The van der Waals surface area contributed by atoms with Crippen LogP contribution in [0.5, 0.6) is 0 Å². The fourth-order valence-electron chi connectivity index (χ4n) is 0.634. The lowest BCUT2D eigenvalue weighted by atomic mass is 10.0. The fourth-order valence-corrected chi connectivity index (χ4v) is 0.998. The van der Waals surface area contributed by atoms with Crippen molar-refractivity contribution in [2.45, 2.75) is 13.8 Å². The summed E-state index contributed by atoms with van der Waals surface area (Å²) >= 11 is 3.39. The van der Waals surface area contributed by atoms with Gasteiger partial charge in [0.1, 0.15) is 17.5 Å². The molecule has 0 heterocycles. The van der Waals surface area contributed by atoms with E-state index in [-0.39, 0.29) is 0 Å². The van der Waals surface area contributed by atoms with Gasteiger partial charge in [-0.2, -0.15) is 0 Å². The highest BCUT2D eigenvalue weighted by atomic mass is 32.1. The van der Waals surface area contributed by atoms with E-state index in [1.54, 1.807) is 0 Å². The van der Waals surface area contributed by atoms with Gasteiger partial charge in [0.05, 0.1) is 0 Å². The lowest BCUT2D eigenvalue weighted by Gasteiger charge is -2.02. The predicted molar refractivity (Wildman–Crippen MR) is 38.8 cm³/mol. The maximum atomic E-state index is 10.5. The normalized spacial score (nSPS) is 9.60. The monoisotopic (exact) mass is 160 g/mol. The van der Waals surface area contributed by atoms with Crippen LogP contribution in [0.4, 0.5) is 0 Å². The molecular formula is C6H8O3S. The summed E-state index contributed by atoms with van der Waals surface area (Å²) in [6, 6.07) is 0. The Kier molecular flexibility index (Phi) is 3.28. The van der Waals surface area contributed by atoms with Crippen LogP contribution in [0, 0.1) is 5.92 Å². The minimum atomic E-state index is -1.16. The number of carbonyl (C=O) groups excluding carboxylic acids is 3. The van der Waals surface area contributed by atoms with Crippen LogP contribution in [0.25, 0.3) is 0 Å². The summed E-state index contributed by atoms with van der Waals surface area (Å²) in [7, 11) is 0. The number of carbonyl (C=O) groups is 3. The Morgan fingerprint density at radius 2 is 1.40 bits per heavy atom. The topological polar surface area (TPSA) is 51.2 Å². The second-order valence-electron chi connectivity index (χ2n) is 1.99. The average Bonchev–Trinajstić information content (AvgIpc) is 1.59. The number of Topliss-reactive ketones (excluding diaryl/α,β-unsaturated/α-hetero) is 2. The van der Waals surface area contributed by atoms with Crippen molar-refractivity contribution in [3.05, 3.63) is 0 Å². The summed E-state index contributed by atoms with van der Waals surface area (Å²) in [6.07, 6.45) is 0. The molecule has 3 nitrogen and oxygen atoms in total. The van der Waals surface area contributed by atoms with Gasteiger partial charge in [0.2, 0.25) is 5.12 Å². The molecule has 0 aliphatic rings. The summed E-state index contributed by atoms with van der Waals surface area (Å²) in [4.78, 5) is 31.5. The van der Waals surface area contributed by atoms with Crippen LogP contribution in [0.1, 0.15) is 13.8 Å². The molecule has 10 heavy (non-hydrogen) atoms. The lowest BCUT2D eigenvalue weighted by Crippen LogP contribution is -2.25. The zero-order valence-electron chi connectivity index (χ0n) is 5.75. The van der Waals surface area contributed by atoms with Crippen LogP contribution in [-0.4, -0.2) is 16.7 Å². The molecule has 0 saturated heterocycles. The lowest BCUT2D eigenvalue weighted by molar-refractivity contribution is -0.134. The molecule has 0 unspecified atom stereocenters. The Hall–Kier alpha value is -0.640. The van der Waals surface area contributed by atoms with Crippen LogP contribution in [-0.2, 0) is 14.4 Å². The van der Waals surface area contributed by atoms with E-state index in [9.17, 15) is 14.4 Å². The molecule has 0 aromatic heterocycles. The highest BCUT2D eigenvalue weighted by Crippen LogP contribution is 2.03. The van der Waals surface area contributed by atoms with E-state index < -0.39 is 22.6 Å². The largest absolute Gasteiger partial charge is 0.299 e. The van der Waals surface area contributed by atoms with Gasteiger partial charge in [-0.3, -0.25) is 14.4 Å². The van der Waals surface area contributed by atoms with Crippen molar-refractivity contribution in [2.75, 3.05) is 0 Å². The summed E-state index contributed by atoms with van der Waals surface area (Å²) in [5.74, 6) is -2.07. The van der Waals surface area contributed by atoms with Crippen molar-refractivity contribution in [1.82, 2.24) is 0 Å². The van der Waals surface area contributed by atoms with Gasteiger partial charge in [0.15, 0.2) is 0 Å². The second kappa shape index (κ2) is 3.51. The summed E-state index contributed by atoms with van der Waals surface area (Å²) in [6.45, 7) is 2.39. The smallest absolute Gasteiger partial charge is 0.203 e. The average molecular weight is 160 g/mol. The molecule has 0 radical (unpaired) electrons. The highest BCUT2D eigenvalue weighted by molar-refractivity contribution is 7.96. The van der Waals surface area contributed by atoms with Crippen LogP contribution >= 0.6 is 12.6 Å². The van der Waals surface area contributed by atoms with E-state index in [2.05, 4.69) is 12.6 Å². The molecular weight excluding hydrogens is 152 g/mol. The van der Waals surface area contributed by atoms with Gasteiger partial charge in [-0.05, 0) is 13.8 Å². The molecule has 0 bridgehead atoms. The third-order valence-corrected chi connectivity index (χ3v) is 1.32. The molecule has 56 valence electrons. The first-order valence-corrected chi connectivity index (χ1v) is 3.15. The second-order valence-corrected chi connectivity index (χ2v) is 2.43. The van der Waals surface area contributed by atoms with Gasteiger partial charge in [-0.1, -0.05) is 0 Å². The standard InChI is InChI=1S/C6H8O3S/c1-3(7)5(4(2)8)6(9)10/h5H,1-2H3,(H,9,10). The van der Waals surface area contributed by atoms with Gasteiger partial charge in [-0.25, -0.2) is 0 Å². The Labute approximate surface area is 64.2 Å². The van der Waals surface area contributed by atoms with Gasteiger partial charge in [-0.15, -0.1) is 12.6 Å². The third kappa shape index (κ3) is 2.31. The highest BCUT2D eigenvalue weighted by Gasteiger charge is 2.24. The Bertz CT molecular complexity index is 152. The van der Waals surface area contributed by atoms with Gasteiger partial charge < -0.3 is 0 Å². The Morgan fingerprint density at radius 1 is 1.10 bits per heavy atom. The molecule has 4 heteroatoms. The van der Waals surface area contributed by atoms with E-state index in [0.717, 1.165) is 0 Å². The van der Waals surface area contributed by atoms with E-state index in [1.165, 1.54) is 13.8 Å². The molecule has 0 aromatic carbocycles. The number of hydrogen-bond donors (Lipinski definition) is 1. The number of thiol groups is 1. The number of hydrogen-bond acceptors (Lipinski definition) is 3. The summed E-state index contributed by atoms with van der Waals surface area (Å²) in [5, 5.41) is -0.681. The van der Waals surface area contributed by atoms with Crippen molar-refractivity contribution >= 4 is 29.3 Å². The van der Waals surface area contributed by atoms with Crippen molar-refractivity contribution in [3.8, 4) is 0 Å². The van der Waals surface area contributed by atoms with E-state index in [1.807, 2.05) is 0 Å². The van der Waals surface area contributed by atoms with Crippen LogP contribution < -0.4 is 0 Å². The van der Waals surface area contributed by atoms with Crippen molar-refractivity contribution < 1.29 is 14.4 Å². The molecule has 0 spiro atoms. The summed E-state index contributed by atoms with van der Waals surface area (Å²) in [5.41, 5.74) is 0. The van der Waals surface area contributed by atoms with Crippen LogP contribution in [0.15, 0.2) is 0 Å². The number of ketones is 2. The van der Waals surface area contributed by atoms with Gasteiger partial charge >= 0.3 is 0 Å². The minimum absolute atomic E-state index is 0.451. The first kappa shape index (κ1) is 9.36. The fraction of sp³-hybridized carbons (Fsp3) is 0.500. The van der Waals surface area contributed by atoms with E-state index >= 15 is 0 Å².